The summed E-state index contributed by atoms with van der Waals surface area (Å²) < 4.78 is 5.09. The quantitative estimate of drug-likeness (QED) is 0.0845. The molecule has 9 aromatic rings. The van der Waals surface area contributed by atoms with Crippen molar-refractivity contribution in [1.82, 2.24) is 4.57 Å². The molecule has 0 fully saturated rings. The van der Waals surface area contributed by atoms with E-state index in [1.54, 1.807) is 0 Å². The van der Waals surface area contributed by atoms with E-state index in [1.165, 1.54) is 79.9 Å². The molecule has 2 heterocycles. The van der Waals surface area contributed by atoms with E-state index < -0.39 is 8.07 Å². The number of benzene rings is 7. The molecule has 2 aromatic heterocycles. The number of hydrogen-bond acceptors (Lipinski definition) is 1. The van der Waals surface area contributed by atoms with Gasteiger partial charge in [-0.2, -0.15) is 0 Å². The minimum absolute atomic E-state index is 1.17. The first-order chi connectivity index (χ1) is 25.7. The lowest BCUT2D eigenvalue weighted by Gasteiger charge is -2.35. The topological polar surface area (TPSA) is 4.93 Å². The summed E-state index contributed by atoms with van der Waals surface area (Å²) in [5, 5.41) is 9.31. The summed E-state index contributed by atoms with van der Waals surface area (Å²) in [5.74, 6) is 0. The van der Waals surface area contributed by atoms with Crippen LogP contribution in [-0.2, 0) is 0 Å². The normalized spacial score (nSPS) is 11.9. The predicted octanol–water partition coefficient (Wildman–Crippen LogP) is 10.6. The van der Waals surface area contributed by atoms with Gasteiger partial charge >= 0.3 is 0 Å². The number of hydrogen-bond donors (Lipinski definition) is 0. The van der Waals surface area contributed by atoms with Crippen molar-refractivity contribution in [2.24, 2.45) is 0 Å². The van der Waals surface area contributed by atoms with Gasteiger partial charge in [0.25, 0.3) is 0 Å². The van der Waals surface area contributed by atoms with Gasteiger partial charge in [0.1, 0.15) is 0 Å². The monoisotopic (exact) mass is 699 g/mol. The smallest absolute Gasteiger partial charge is 0.179 e. The van der Waals surface area contributed by atoms with Gasteiger partial charge in [0.2, 0.25) is 0 Å². The van der Waals surface area contributed by atoms with E-state index in [0.29, 0.717) is 0 Å². The highest BCUT2D eigenvalue weighted by Crippen LogP contribution is 2.39. The third kappa shape index (κ3) is 5.12. The SMILES string of the molecule is C=C/C=C\c1c(C)n(-c2cccc([Si](c3ccccc3)(c3ccccc3)c3cccc(-c4cccc5c4sc4ccccc45)c3)c2)c2ccccc12. The second-order valence-corrected chi connectivity index (χ2v) is 18.2. The van der Waals surface area contributed by atoms with E-state index in [-0.39, 0.29) is 0 Å². The fourth-order valence-electron chi connectivity index (χ4n) is 8.25. The van der Waals surface area contributed by atoms with E-state index in [9.17, 15) is 0 Å². The third-order valence-corrected chi connectivity index (χ3v) is 16.5. The molecule has 7 aromatic carbocycles. The highest BCUT2D eigenvalue weighted by molar-refractivity contribution is 7.26. The molecule has 0 spiro atoms. The van der Waals surface area contributed by atoms with Crippen LogP contribution in [0.4, 0.5) is 0 Å². The molecule has 3 heteroatoms. The van der Waals surface area contributed by atoms with Crippen molar-refractivity contribution in [3.63, 3.8) is 0 Å². The second kappa shape index (κ2) is 13.3. The number of fused-ring (bicyclic) bond motifs is 4. The van der Waals surface area contributed by atoms with Crippen LogP contribution >= 0.6 is 11.3 Å². The Hall–Kier alpha value is -6.00. The van der Waals surface area contributed by atoms with Gasteiger partial charge in [-0.1, -0.05) is 176 Å². The Morgan fingerprint density at radius 3 is 1.90 bits per heavy atom. The Kier molecular flexibility index (Phi) is 8.16. The molecule has 0 aliphatic rings. The van der Waals surface area contributed by atoms with Crippen molar-refractivity contribution in [3.8, 4) is 16.8 Å². The number of aromatic nitrogens is 1. The maximum atomic E-state index is 3.94. The van der Waals surface area contributed by atoms with E-state index >= 15 is 0 Å². The van der Waals surface area contributed by atoms with E-state index in [0.717, 1.165) is 0 Å². The maximum absolute atomic E-state index is 3.94. The minimum atomic E-state index is -2.86. The van der Waals surface area contributed by atoms with Gasteiger partial charge in [-0.25, -0.2) is 0 Å². The van der Waals surface area contributed by atoms with Crippen molar-refractivity contribution < 1.29 is 0 Å². The van der Waals surface area contributed by atoms with Crippen molar-refractivity contribution in [3.05, 3.63) is 206 Å². The Morgan fingerprint density at radius 1 is 0.558 bits per heavy atom. The van der Waals surface area contributed by atoms with Crippen LogP contribution in [0.2, 0.25) is 0 Å². The van der Waals surface area contributed by atoms with Gasteiger partial charge < -0.3 is 4.57 Å². The van der Waals surface area contributed by atoms with Crippen molar-refractivity contribution in [1.29, 1.82) is 0 Å². The molecule has 0 N–H and O–H groups in total. The molecule has 52 heavy (non-hydrogen) atoms. The lowest BCUT2D eigenvalue weighted by atomic mass is 10.0. The molecule has 0 radical (unpaired) electrons. The first kappa shape index (κ1) is 31.9. The number of para-hydroxylation sites is 1. The molecule has 0 bridgehead atoms. The second-order valence-electron chi connectivity index (χ2n) is 13.3. The lowest BCUT2D eigenvalue weighted by molar-refractivity contribution is 1.05. The molecular formula is C49H37NSSi. The summed E-state index contributed by atoms with van der Waals surface area (Å²) in [7, 11) is -2.86. The highest BCUT2D eigenvalue weighted by atomic mass is 32.1. The fraction of sp³-hybridized carbons (Fsp3) is 0.0204. The van der Waals surface area contributed by atoms with Crippen molar-refractivity contribution >= 4 is 77.3 Å². The molecule has 9 rings (SSSR count). The number of rotatable bonds is 8. The summed E-state index contributed by atoms with van der Waals surface area (Å²) in [6, 6.07) is 65.5. The number of thiophene rings is 1. The van der Waals surface area contributed by atoms with Crippen LogP contribution in [-0.4, -0.2) is 12.6 Å². The summed E-state index contributed by atoms with van der Waals surface area (Å²) in [6.07, 6.45) is 6.06. The van der Waals surface area contributed by atoms with Crippen LogP contribution in [0.1, 0.15) is 11.3 Å². The Balaban J connectivity index is 1.32. The molecule has 1 nitrogen and oxygen atoms in total. The Bertz CT molecular complexity index is 2730. The number of allylic oxidation sites excluding steroid dienone is 2. The van der Waals surface area contributed by atoms with Gasteiger partial charge in [-0.05, 0) is 63.1 Å². The van der Waals surface area contributed by atoms with Crippen molar-refractivity contribution in [2.75, 3.05) is 0 Å². The Labute approximate surface area is 310 Å². The minimum Gasteiger partial charge on any atom is -0.313 e. The van der Waals surface area contributed by atoms with E-state index in [4.69, 9.17) is 0 Å². The summed E-state index contributed by atoms with van der Waals surface area (Å²) >= 11 is 1.89. The largest absolute Gasteiger partial charge is 0.313 e. The molecule has 0 saturated carbocycles. The molecule has 0 aliphatic carbocycles. The standard InChI is InChI=1S/C49H37NSSi/c1-3-4-26-42-35(2)50(47-31-13-11-27-44(42)47)37-19-16-25-41(34-37)52(38-20-7-5-8-21-38,39-22-9-6-10-23-39)40-24-15-18-36(33-40)43-29-17-30-46-45-28-12-14-32-48(45)51-49(43)46/h3-34H,1H2,2H3/b26-4-. The summed E-state index contributed by atoms with van der Waals surface area (Å²) in [4.78, 5) is 0. The molecule has 0 amide bonds. The number of nitrogens with zero attached hydrogens (tertiary/aromatic N) is 1. The lowest BCUT2D eigenvalue weighted by Crippen LogP contribution is -2.74. The molecule has 0 aliphatic heterocycles. The first-order valence-electron chi connectivity index (χ1n) is 17.8. The predicted molar refractivity (Wildman–Crippen MR) is 229 cm³/mol. The maximum Gasteiger partial charge on any atom is 0.179 e. The van der Waals surface area contributed by atoms with Gasteiger partial charge in [0.05, 0.1) is 5.52 Å². The highest BCUT2D eigenvalue weighted by Gasteiger charge is 2.42. The first-order valence-corrected chi connectivity index (χ1v) is 20.6. The van der Waals surface area contributed by atoms with E-state index in [2.05, 4.69) is 200 Å². The van der Waals surface area contributed by atoms with E-state index in [1.807, 2.05) is 23.5 Å². The zero-order chi connectivity index (χ0) is 35.1. The molecular weight excluding hydrogens is 663 g/mol. The van der Waals surface area contributed by atoms with Gasteiger partial charge in [-0.15, -0.1) is 11.3 Å². The van der Waals surface area contributed by atoms with Gasteiger partial charge in [0, 0.05) is 42.5 Å². The third-order valence-electron chi connectivity index (χ3n) is 10.5. The molecule has 0 saturated heterocycles. The summed E-state index contributed by atoms with van der Waals surface area (Å²) in [6.45, 7) is 6.17. The molecule has 248 valence electrons. The average molecular weight is 700 g/mol. The zero-order valence-corrected chi connectivity index (χ0v) is 30.9. The average Bonchev–Trinajstić information content (AvgIpc) is 3.73. The Morgan fingerprint density at radius 2 is 1.15 bits per heavy atom. The van der Waals surface area contributed by atoms with Crippen LogP contribution in [0.3, 0.4) is 0 Å². The van der Waals surface area contributed by atoms with Gasteiger partial charge in [0.15, 0.2) is 8.07 Å². The van der Waals surface area contributed by atoms with Crippen LogP contribution in [0.15, 0.2) is 195 Å². The van der Waals surface area contributed by atoms with Crippen LogP contribution in [0.5, 0.6) is 0 Å². The van der Waals surface area contributed by atoms with Crippen LogP contribution in [0, 0.1) is 6.92 Å². The van der Waals surface area contributed by atoms with Gasteiger partial charge in [-0.3, -0.25) is 0 Å². The zero-order valence-electron chi connectivity index (χ0n) is 29.0. The molecule has 0 unspecified atom stereocenters. The van der Waals surface area contributed by atoms with Crippen LogP contribution in [0.25, 0.3) is 54.0 Å². The summed E-state index contributed by atoms with van der Waals surface area (Å²) in [5.41, 5.74) is 7.33. The molecule has 0 atom stereocenters. The van der Waals surface area contributed by atoms with Crippen LogP contribution < -0.4 is 20.7 Å². The van der Waals surface area contributed by atoms with Crippen molar-refractivity contribution in [2.45, 2.75) is 6.92 Å². The fourth-order valence-corrected chi connectivity index (χ4v) is 14.3.